The second kappa shape index (κ2) is 2.79. The van der Waals surface area contributed by atoms with Gasteiger partial charge in [-0.1, -0.05) is 0 Å². The third-order valence-corrected chi connectivity index (χ3v) is 4.14. The summed E-state index contributed by atoms with van der Waals surface area (Å²) in [7, 11) is 0. The first-order chi connectivity index (χ1) is 6.33. The molecule has 13 heavy (non-hydrogen) atoms. The van der Waals surface area contributed by atoms with E-state index in [0.29, 0.717) is 0 Å². The summed E-state index contributed by atoms with van der Waals surface area (Å²) in [4.78, 5) is 6.00. The van der Waals surface area contributed by atoms with Crippen molar-refractivity contribution in [2.24, 2.45) is 0 Å². The van der Waals surface area contributed by atoms with Crippen LogP contribution in [0, 0.1) is 0 Å². The Morgan fingerprint density at radius 1 is 1.31 bits per heavy atom. The standard InChI is InChI=1S/C10H13NOS/c12-7-3-4-8-9(5-7)13-10(11-8)6-1-2-6/h6-7,12H,1-5H2. The Kier molecular flexibility index (Phi) is 1.70. The number of aliphatic hydroxyl groups is 1. The van der Waals surface area contributed by atoms with Crippen LogP contribution in [0.15, 0.2) is 0 Å². The maximum absolute atomic E-state index is 9.50. The van der Waals surface area contributed by atoms with Gasteiger partial charge < -0.3 is 5.11 Å². The lowest BCUT2D eigenvalue weighted by molar-refractivity contribution is 0.159. The fourth-order valence-corrected chi connectivity index (χ4v) is 3.23. The van der Waals surface area contributed by atoms with Crippen molar-refractivity contribution in [2.75, 3.05) is 0 Å². The molecule has 1 heterocycles. The van der Waals surface area contributed by atoms with Gasteiger partial charge in [-0.3, -0.25) is 0 Å². The molecule has 2 aliphatic carbocycles. The SMILES string of the molecule is OC1CCc2nc(C3CC3)sc2C1. The van der Waals surface area contributed by atoms with Crippen LogP contribution in [0.2, 0.25) is 0 Å². The molecule has 1 saturated carbocycles. The van der Waals surface area contributed by atoms with Gasteiger partial charge in [-0.15, -0.1) is 11.3 Å². The topological polar surface area (TPSA) is 33.1 Å². The molecule has 0 spiro atoms. The van der Waals surface area contributed by atoms with Crippen LogP contribution in [-0.2, 0) is 12.8 Å². The van der Waals surface area contributed by atoms with Gasteiger partial charge in [0.1, 0.15) is 0 Å². The van der Waals surface area contributed by atoms with E-state index < -0.39 is 0 Å². The average Bonchev–Trinajstić information content (AvgIpc) is 2.87. The molecular formula is C10H13NOS. The first-order valence-electron chi connectivity index (χ1n) is 4.99. The predicted octanol–water partition coefficient (Wildman–Crippen LogP) is 1.87. The van der Waals surface area contributed by atoms with Gasteiger partial charge in [0, 0.05) is 17.2 Å². The number of fused-ring (bicyclic) bond motifs is 1. The van der Waals surface area contributed by atoms with E-state index in [2.05, 4.69) is 4.98 Å². The summed E-state index contributed by atoms with van der Waals surface area (Å²) in [5, 5.41) is 10.8. The Bertz CT molecular complexity index is 330. The van der Waals surface area contributed by atoms with E-state index in [9.17, 15) is 5.11 Å². The summed E-state index contributed by atoms with van der Waals surface area (Å²) in [6, 6.07) is 0. The summed E-state index contributed by atoms with van der Waals surface area (Å²) < 4.78 is 0. The molecule has 2 nitrogen and oxygen atoms in total. The number of aryl methyl sites for hydroxylation is 1. The highest BCUT2D eigenvalue weighted by atomic mass is 32.1. The summed E-state index contributed by atoms with van der Waals surface area (Å²) in [6.45, 7) is 0. The van der Waals surface area contributed by atoms with E-state index in [0.717, 1.165) is 25.2 Å². The normalized spacial score (nSPS) is 27.3. The van der Waals surface area contributed by atoms with E-state index in [-0.39, 0.29) is 6.10 Å². The van der Waals surface area contributed by atoms with Crippen LogP contribution in [0.4, 0.5) is 0 Å². The number of nitrogens with zero attached hydrogens (tertiary/aromatic N) is 1. The third kappa shape index (κ3) is 1.40. The lowest BCUT2D eigenvalue weighted by Crippen LogP contribution is -2.17. The van der Waals surface area contributed by atoms with E-state index in [1.165, 1.54) is 28.4 Å². The fourth-order valence-electron chi connectivity index (χ4n) is 1.88. The highest BCUT2D eigenvalue weighted by Gasteiger charge is 2.29. The molecule has 0 radical (unpaired) electrons. The Hall–Kier alpha value is -0.410. The minimum Gasteiger partial charge on any atom is -0.393 e. The van der Waals surface area contributed by atoms with Crippen molar-refractivity contribution >= 4 is 11.3 Å². The summed E-state index contributed by atoms with van der Waals surface area (Å²) in [5.41, 5.74) is 1.28. The Labute approximate surface area is 81.6 Å². The number of rotatable bonds is 1. The lowest BCUT2D eigenvalue weighted by Gasteiger charge is -2.14. The van der Waals surface area contributed by atoms with Gasteiger partial charge in [0.2, 0.25) is 0 Å². The molecule has 0 saturated heterocycles. The molecule has 3 rings (SSSR count). The van der Waals surface area contributed by atoms with Crippen molar-refractivity contribution in [1.29, 1.82) is 0 Å². The van der Waals surface area contributed by atoms with Crippen LogP contribution in [0.5, 0.6) is 0 Å². The summed E-state index contributed by atoms with van der Waals surface area (Å²) in [6.07, 6.45) is 5.28. The quantitative estimate of drug-likeness (QED) is 0.742. The van der Waals surface area contributed by atoms with Crippen molar-refractivity contribution in [2.45, 2.75) is 44.1 Å². The van der Waals surface area contributed by atoms with Crippen molar-refractivity contribution in [3.8, 4) is 0 Å². The molecule has 2 aliphatic rings. The Balaban J connectivity index is 1.93. The number of thiazole rings is 1. The maximum atomic E-state index is 9.50. The molecule has 0 bridgehead atoms. The molecule has 70 valence electrons. The molecular weight excluding hydrogens is 182 g/mol. The molecule has 1 aromatic rings. The summed E-state index contributed by atoms with van der Waals surface area (Å²) >= 11 is 1.84. The number of hydrogen-bond acceptors (Lipinski definition) is 3. The smallest absolute Gasteiger partial charge is 0.0962 e. The van der Waals surface area contributed by atoms with E-state index in [1.807, 2.05) is 11.3 Å². The lowest BCUT2D eigenvalue weighted by atomic mass is 10.0. The molecule has 0 amide bonds. The summed E-state index contributed by atoms with van der Waals surface area (Å²) in [5.74, 6) is 0.771. The zero-order valence-corrected chi connectivity index (χ0v) is 8.31. The predicted molar refractivity (Wildman–Crippen MR) is 52.1 cm³/mol. The Morgan fingerprint density at radius 3 is 2.92 bits per heavy atom. The largest absolute Gasteiger partial charge is 0.393 e. The molecule has 1 atom stereocenters. The van der Waals surface area contributed by atoms with Crippen molar-refractivity contribution in [3.05, 3.63) is 15.6 Å². The van der Waals surface area contributed by atoms with Crippen LogP contribution in [0.3, 0.4) is 0 Å². The van der Waals surface area contributed by atoms with Crippen LogP contribution >= 0.6 is 11.3 Å². The zero-order valence-electron chi connectivity index (χ0n) is 7.49. The highest BCUT2D eigenvalue weighted by Crippen LogP contribution is 2.43. The van der Waals surface area contributed by atoms with Crippen LogP contribution in [0.25, 0.3) is 0 Å². The molecule has 3 heteroatoms. The minimum atomic E-state index is -0.111. The zero-order chi connectivity index (χ0) is 8.84. The fraction of sp³-hybridized carbons (Fsp3) is 0.700. The van der Waals surface area contributed by atoms with Gasteiger partial charge in [0.25, 0.3) is 0 Å². The van der Waals surface area contributed by atoms with E-state index in [4.69, 9.17) is 0 Å². The van der Waals surface area contributed by atoms with Crippen LogP contribution in [-0.4, -0.2) is 16.2 Å². The van der Waals surface area contributed by atoms with Crippen molar-refractivity contribution in [1.82, 2.24) is 4.98 Å². The van der Waals surface area contributed by atoms with Gasteiger partial charge in [0.15, 0.2) is 0 Å². The molecule has 1 unspecified atom stereocenters. The van der Waals surface area contributed by atoms with Crippen LogP contribution < -0.4 is 0 Å². The van der Waals surface area contributed by atoms with Gasteiger partial charge in [-0.2, -0.15) is 0 Å². The van der Waals surface area contributed by atoms with Crippen molar-refractivity contribution < 1.29 is 5.11 Å². The second-order valence-electron chi connectivity index (χ2n) is 4.09. The minimum absolute atomic E-state index is 0.111. The molecule has 0 aromatic carbocycles. The first-order valence-corrected chi connectivity index (χ1v) is 5.81. The van der Waals surface area contributed by atoms with Gasteiger partial charge in [0.05, 0.1) is 16.8 Å². The Morgan fingerprint density at radius 2 is 2.15 bits per heavy atom. The molecule has 1 N–H and O–H groups in total. The van der Waals surface area contributed by atoms with Crippen molar-refractivity contribution in [3.63, 3.8) is 0 Å². The number of hydrogen-bond donors (Lipinski definition) is 1. The van der Waals surface area contributed by atoms with Gasteiger partial charge in [-0.25, -0.2) is 4.98 Å². The highest BCUT2D eigenvalue weighted by molar-refractivity contribution is 7.11. The van der Waals surface area contributed by atoms with Gasteiger partial charge in [-0.05, 0) is 25.7 Å². The van der Waals surface area contributed by atoms with E-state index >= 15 is 0 Å². The third-order valence-electron chi connectivity index (χ3n) is 2.86. The second-order valence-corrected chi connectivity index (χ2v) is 5.21. The first kappa shape index (κ1) is 7.94. The van der Waals surface area contributed by atoms with Gasteiger partial charge >= 0.3 is 0 Å². The average molecular weight is 195 g/mol. The molecule has 1 fully saturated rings. The molecule has 1 aromatic heterocycles. The maximum Gasteiger partial charge on any atom is 0.0962 e. The van der Waals surface area contributed by atoms with Crippen LogP contribution in [0.1, 0.15) is 40.8 Å². The monoisotopic (exact) mass is 195 g/mol. The molecule has 0 aliphatic heterocycles. The van der Waals surface area contributed by atoms with E-state index in [1.54, 1.807) is 0 Å². The number of aliphatic hydroxyl groups excluding tert-OH is 1. The number of aromatic nitrogens is 1.